The number of piperidine rings is 1. The number of hydrogen-bond donors (Lipinski definition) is 2. The van der Waals surface area contributed by atoms with Crippen molar-refractivity contribution in [3.8, 4) is 0 Å². The van der Waals surface area contributed by atoms with E-state index in [1.807, 2.05) is 24.3 Å². The molecule has 0 spiro atoms. The number of nitrogens with zero attached hydrogens (tertiary/aromatic N) is 1. The lowest BCUT2D eigenvalue weighted by Crippen LogP contribution is -2.35. The van der Waals surface area contributed by atoms with Crippen LogP contribution in [0.25, 0.3) is 0 Å². The Bertz CT molecular complexity index is 499. The number of carbonyl (C=O) groups is 1. The van der Waals surface area contributed by atoms with Gasteiger partial charge in [0, 0.05) is 25.2 Å². The molecule has 1 atom stereocenters. The number of para-hydroxylation sites is 1. The summed E-state index contributed by atoms with van der Waals surface area (Å²) in [6.45, 7) is 6.78. The molecule has 6 heteroatoms. The molecule has 25 heavy (non-hydrogen) atoms. The molecule has 1 unspecified atom stereocenters. The van der Waals surface area contributed by atoms with E-state index in [0.29, 0.717) is 12.8 Å². The van der Waals surface area contributed by atoms with Gasteiger partial charge in [0.25, 0.3) is 0 Å². The lowest BCUT2D eigenvalue weighted by Gasteiger charge is -2.30. The van der Waals surface area contributed by atoms with Crippen LogP contribution < -0.4 is 11.1 Å². The summed E-state index contributed by atoms with van der Waals surface area (Å²) in [4.78, 5) is 14.4. The number of aryl methyl sites for hydroxylation is 1. The van der Waals surface area contributed by atoms with Gasteiger partial charge in [-0.25, -0.2) is 0 Å². The number of unbranched alkanes of at least 4 members (excludes halogenated alkanes) is 1. The highest BCUT2D eigenvalue weighted by molar-refractivity contribution is 5.85. The SMILES string of the molecule is CC1CCCN(CCCCNC(=O)CCc2ccccc2N)C1.Cl.Cl. The maximum Gasteiger partial charge on any atom is 0.220 e. The standard InChI is InChI=1S/C19H31N3O.2ClH/c1-16-7-6-14-22(15-16)13-5-4-12-21-19(23)11-10-17-8-2-3-9-18(17)20;;/h2-3,8-9,16H,4-7,10-15,20H2,1H3,(H,21,23);2*1H. The predicted molar refractivity (Wildman–Crippen MR) is 111 cm³/mol. The van der Waals surface area contributed by atoms with Gasteiger partial charge in [-0.15, -0.1) is 24.8 Å². The normalized spacial score (nSPS) is 17.2. The van der Waals surface area contributed by atoms with Crippen molar-refractivity contribution in [2.24, 2.45) is 5.92 Å². The molecule has 0 radical (unpaired) electrons. The minimum Gasteiger partial charge on any atom is -0.399 e. The van der Waals surface area contributed by atoms with Crippen LogP contribution in [0.5, 0.6) is 0 Å². The van der Waals surface area contributed by atoms with Gasteiger partial charge in [0.1, 0.15) is 0 Å². The van der Waals surface area contributed by atoms with Crippen LogP contribution in [0.1, 0.15) is 44.6 Å². The Morgan fingerprint density at radius 1 is 1.28 bits per heavy atom. The molecule has 0 aromatic heterocycles. The molecular weight excluding hydrogens is 357 g/mol. The van der Waals surface area contributed by atoms with Crippen molar-refractivity contribution in [3.05, 3.63) is 29.8 Å². The third kappa shape index (κ3) is 9.34. The van der Waals surface area contributed by atoms with Crippen LogP contribution in [0.3, 0.4) is 0 Å². The van der Waals surface area contributed by atoms with Crippen molar-refractivity contribution in [2.45, 2.75) is 45.4 Å². The van der Waals surface area contributed by atoms with Gasteiger partial charge < -0.3 is 16.0 Å². The number of nitrogens with two attached hydrogens (primary N) is 1. The zero-order valence-corrected chi connectivity index (χ0v) is 16.8. The first kappa shape index (κ1) is 24.0. The summed E-state index contributed by atoms with van der Waals surface area (Å²) in [5, 5.41) is 3.02. The van der Waals surface area contributed by atoms with E-state index in [9.17, 15) is 4.79 Å². The molecule has 1 amide bonds. The van der Waals surface area contributed by atoms with Crippen LogP contribution >= 0.6 is 24.8 Å². The van der Waals surface area contributed by atoms with Crippen LogP contribution in [0.15, 0.2) is 24.3 Å². The number of benzene rings is 1. The Morgan fingerprint density at radius 2 is 2.04 bits per heavy atom. The highest BCUT2D eigenvalue weighted by atomic mass is 35.5. The molecule has 3 N–H and O–H groups in total. The summed E-state index contributed by atoms with van der Waals surface area (Å²) >= 11 is 0. The summed E-state index contributed by atoms with van der Waals surface area (Å²) in [5.74, 6) is 0.966. The minimum absolute atomic E-state index is 0. The molecule has 1 aromatic carbocycles. The number of amides is 1. The van der Waals surface area contributed by atoms with E-state index in [2.05, 4.69) is 17.1 Å². The first-order valence-corrected chi connectivity index (χ1v) is 8.97. The van der Waals surface area contributed by atoms with E-state index >= 15 is 0 Å². The van der Waals surface area contributed by atoms with Crippen LogP contribution in [-0.2, 0) is 11.2 Å². The first-order chi connectivity index (χ1) is 11.1. The molecule has 0 aliphatic carbocycles. The molecule has 1 fully saturated rings. The summed E-state index contributed by atoms with van der Waals surface area (Å²) < 4.78 is 0. The van der Waals surface area contributed by atoms with Crippen molar-refractivity contribution in [3.63, 3.8) is 0 Å². The Labute approximate surface area is 164 Å². The molecule has 1 aliphatic rings. The first-order valence-electron chi connectivity index (χ1n) is 8.97. The predicted octanol–water partition coefficient (Wildman–Crippen LogP) is 3.67. The lowest BCUT2D eigenvalue weighted by atomic mass is 10.0. The smallest absolute Gasteiger partial charge is 0.220 e. The number of halogens is 2. The van der Waals surface area contributed by atoms with E-state index in [0.717, 1.165) is 30.1 Å². The number of anilines is 1. The van der Waals surface area contributed by atoms with Crippen molar-refractivity contribution < 1.29 is 4.79 Å². The number of hydrogen-bond acceptors (Lipinski definition) is 3. The van der Waals surface area contributed by atoms with E-state index < -0.39 is 0 Å². The topological polar surface area (TPSA) is 58.4 Å². The lowest BCUT2D eigenvalue weighted by molar-refractivity contribution is -0.121. The number of nitrogens with one attached hydrogen (secondary N) is 1. The third-order valence-electron chi connectivity index (χ3n) is 4.64. The van der Waals surface area contributed by atoms with Gasteiger partial charge in [0.2, 0.25) is 5.91 Å². The average molecular weight is 390 g/mol. The number of rotatable bonds is 8. The van der Waals surface area contributed by atoms with Gasteiger partial charge in [0.15, 0.2) is 0 Å². The molecule has 1 aromatic rings. The quantitative estimate of drug-likeness (QED) is 0.526. The Kier molecular flexibility index (Phi) is 12.7. The zero-order chi connectivity index (χ0) is 16.5. The Hall–Kier alpha value is -0.970. The monoisotopic (exact) mass is 389 g/mol. The fourth-order valence-electron chi connectivity index (χ4n) is 3.28. The Balaban J connectivity index is 0.00000288. The molecule has 1 saturated heterocycles. The van der Waals surface area contributed by atoms with Crippen LogP contribution in [0.2, 0.25) is 0 Å². The van der Waals surface area contributed by atoms with Gasteiger partial charge in [-0.3, -0.25) is 4.79 Å². The third-order valence-corrected chi connectivity index (χ3v) is 4.64. The van der Waals surface area contributed by atoms with E-state index in [-0.39, 0.29) is 30.7 Å². The molecular formula is C19H33Cl2N3O. The maximum absolute atomic E-state index is 11.9. The number of nitrogen functional groups attached to an aromatic ring is 1. The molecule has 1 heterocycles. The van der Waals surface area contributed by atoms with Gasteiger partial charge in [0.05, 0.1) is 0 Å². The summed E-state index contributed by atoms with van der Waals surface area (Å²) in [7, 11) is 0. The molecule has 0 bridgehead atoms. The highest BCUT2D eigenvalue weighted by Gasteiger charge is 2.15. The van der Waals surface area contributed by atoms with Crippen molar-refractivity contribution in [2.75, 3.05) is 31.9 Å². The van der Waals surface area contributed by atoms with Crippen molar-refractivity contribution >= 4 is 36.4 Å². The van der Waals surface area contributed by atoms with Gasteiger partial charge in [-0.05, 0) is 62.7 Å². The second-order valence-electron chi connectivity index (χ2n) is 6.80. The fraction of sp³-hybridized carbons (Fsp3) is 0.632. The molecule has 1 aliphatic heterocycles. The molecule has 2 rings (SSSR count). The summed E-state index contributed by atoms with van der Waals surface area (Å²) in [5.41, 5.74) is 7.72. The molecule has 0 saturated carbocycles. The van der Waals surface area contributed by atoms with Gasteiger partial charge >= 0.3 is 0 Å². The zero-order valence-electron chi connectivity index (χ0n) is 15.2. The summed E-state index contributed by atoms with van der Waals surface area (Å²) in [6, 6.07) is 7.75. The maximum atomic E-state index is 11.9. The molecule has 144 valence electrons. The van der Waals surface area contributed by atoms with Gasteiger partial charge in [-0.1, -0.05) is 25.1 Å². The number of carbonyl (C=O) groups excluding carboxylic acids is 1. The number of likely N-dealkylation sites (tertiary alicyclic amines) is 1. The largest absolute Gasteiger partial charge is 0.399 e. The van der Waals surface area contributed by atoms with Crippen molar-refractivity contribution in [1.82, 2.24) is 10.2 Å². The average Bonchev–Trinajstić information content (AvgIpc) is 2.54. The Morgan fingerprint density at radius 3 is 2.76 bits per heavy atom. The highest BCUT2D eigenvalue weighted by Crippen LogP contribution is 2.15. The molecule has 4 nitrogen and oxygen atoms in total. The van der Waals surface area contributed by atoms with E-state index in [4.69, 9.17) is 5.73 Å². The van der Waals surface area contributed by atoms with Crippen LogP contribution in [-0.4, -0.2) is 37.0 Å². The van der Waals surface area contributed by atoms with E-state index in [1.165, 1.54) is 38.9 Å². The van der Waals surface area contributed by atoms with Crippen LogP contribution in [0.4, 0.5) is 5.69 Å². The van der Waals surface area contributed by atoms with Gasteiger partial charge in [-0.2, -0.15) is 0 Å². The second kappa shape index (κ2) is 13.3. The van der Waals surface area contributed by atoms with Crippen LogP contribution in [0, 0.1) is 5.92 Å². The fourth-order valence-corrected chi connectivity index (χ4v) is 3.28. The van der Waals surface area contributed by atoms with E-state index in [1.54, 1.807) is 0 Å². The second-order valence-corrected chi connectivity index (χ2v) is 6.80. The summed E-state index contributed by atoms with van der Waals surface area (Å²) in [6.07, 6.45) is 6.16. The van der Waals surface area contributed by atoms with Crippen molar-refractivity contribution in [1.29, 1.82) is 0 Å². The minimum atomic E-state index is 0.